The molecule has 9 nitrogen and oxygen atoms in total. The van der Waals surface area contributed by atoms with Gasteiger partial charge in [-0.2, -0.15) is 5.10 Å². The van der Waals surface area contributed by atoms with Gasteiger partial charge in [0.1, 0.15) is 35.2 Å². The average molecular weight is 464 g/mol. The van der Waals surface area contributed by atoms with Crippen molar-refractivity contribution >= 4 is 52.0 Å². The number of carbonyl (C=O) groups is 1. The van der Waals surface area contributed by atoms with Crippen LogP contribution in [0.1, 0.15) is 10.4 Å². The number of fused-ring (bicyclic) bond motifs is 1. The van der Waals surface area contributed by atoms with Crippen LogP contribution in [-0.4, -0.2) is 90.5 Å². The first-order valence-corrected chi connectivity index (χ1v) is 11.8. The number of hydrogen-bond acceptors (Lipinski definition) is 7. The largest absolute Gasteiger partial charge is 0.354 e. The van der Waals surface area contributed by atoms with Crippen molar-refractivity contribution in [3.8, 4) is 11.1 Å². The molecule has 0 radical (unpaired) electrons. The van der Waals surface area contributed by atoms with E-state index in [1.54, 1.807) is 35.5 Å². The molecule has 0 unspecified atom stereocenters. The number of amides is 1. The summed E-state index contributed by atoms with van der Waals surface area (Å²) in [6.07, 6.45) is 8.91. The zero-order chi connectivity index (χ0) is 24.6. The van der Waals surface area contributed by atoms with Gasteiger partial charge >= 0.3 is 0 Å². The Hall–Kier alpha value is -3.66. The molecule has 5 rings (SSSR count). The van der Waals surface area contributed by atoms with E-state index in [0.717, 1.165) is 54.0 Å². The van der Waals surface area contributed by atoms with Gasteiger partial charge in [-0.25, -0.2) is 9.97 Å². The molecule has 0 saturated carbocycles. The van der Waals surface area contributed by atoms with Crippen LogP contribution in [0.15, 0.2) is 55.2 Å². The number of carbonyl (C=O) groups excluding carboxylic acids is 1. The Balaban J connectivity index is 1.31. The van der Waals surface area contributed by atoms with Gasteiger partial charge < -0.3 is 15.1 Å². The predicted octanol–water partition coefficient (Wildman–Crippen LogP) is -0.690. The van der Waals surface area contributed by atoms with Gasteiger partial charge in [0, 0.05) is 73.9 Å². The van der Waals surface area contributed by atoms with Gasteiger partial charge in [-0.1, -0.05) is 5.24 Å². The van der Waals surface area contributed by atoms with Gasteiger partial charge in [0.2, 0.25) is 0 Å². The molecule has 0 bridgehead atoms. The molecule has 35 heavy (non-hydrogen) atoms. The molecule has 0 aromatic carbocycles. The summed E-state index contributed by atoms with van der Waals surface area (Å²) >= 11 is 0. The minimum absolute atomic E-state index is 0.155. The van der Waals surface area contributed by atoms with E-state index in [-0.39, 0.29) is 11.1 Å². The van der Waals surface area contributed by atoms with Crippen molar-refractivity contribution in [2.75, 3.05) is 36.4 Å². The predicted molar refractivity (Wildman–Crippen MR) is 146 cm³/mol. The lowest BCUT2D eigenvalue weighted by Gasteiger charge is -2.43. The highest BCUT2D eigenvalue weighted by atomic mass is 16.1. The normalized spacial score (nSPS) is 14.8. The molecule has 12 heteroatoms. The van der Waals surface area contributed by atoms with Crippen molar-refractivity contribution in [3.05, 3.63) is 60.8 Å². The van der Waals surface area contributed by atoms with Crippen molar-refractivity contribution in [3.63, 3.8) is 0 Å². The zero-order valence-corrected chi connectivity index (χ0v) is 20.6. The minimum atomic E-state index is -0.217. The maximum Gasteiger partial charge on any atom is 0.257 e. The monoisotopic (exact) mass is 464 g/mol. The highest BCUT2D eigenvalue weighted by Gasteiger charge is 2.26. The molecule has 1 saturated heterocycles. The minimum Gasteiger partial charge on any atom is -0.354 e. The van der Waals surface area contributed by atoms with E-state index in [9.17, 15) is 4.79 Å². The number of nitrogens with one attached hydrogen (secondary N) is 1. The van der Waals surface area contributed by atoms with E-state index in [1.165, 1.54) is 0 Å². The van der Waals surface area contributed by atoms with Crippen LogP contribution in [0.5, 0.6) is 0 Å². The first-order valence-electron chi connectivity index (χ1n) is 11.8. The Morgan fingerprint density at radius 1 is 0.971 bits per heavy atom. The third-order valence-electron chi connectivity index (χ3n) is 6.41. The fraction of sp³-hybridized carbons (Fsp3) is 0.261. The van der Waals surface area contributed by atoms with Crippen LogP contribution in [0.3, 0.4) is 0 Å². The van der Waals surface area contributed by atoms with Crippen LogP contribution in [-0.2, 0) is 7.05 Å². The van der Waals surface area contributed by atoms with Gasteiger partial charge in [-0.3, -0.25) is 14.5 Å². The highest BCUT2D eigenvalue weighted by Crippen LogP contribution is 2.24. The van der Waals surface area contributed by atoms with E-state index >= 15 is 0 Å². The second-order valence-corrected chi connectivity index (χ2v) is 9.89. The Bertz CT molecular complexity index is 1380. The summed E-state index contributed by atoms with van der Waals surface area (Å²) < 4.78 is 1.76. The third-order valence-corrected chi connectivity index (χ3v) is 6.41. The summed E-state index contributed by atoms with van der Waals surface area (Å²) in [6, 6.07) is 7.45. The van der Waals surface area contributed by atoms with E-state index in [1.807, 2.05) is 31.4 Å². The van der Waals surface area contributed by atoms with E-state index < -0.39 is 0 Å². The van der Waals surface area contributed by atoms with Gasteiger partial charge in [0.05, 0.1) is 17.9 Å². The SMILES string of the molecule is BC(B)(B)N1CCN(c2cc(C(=O)Nc3cc4cc(-c5cnn(C)c5)cnc4cn3)ccn2)CC1. The topological polar surface area (TPSA) is 92.1 Å². The van der Waals surface area contributed by atoms with Crippen LogP contribution in [0.2, 0.25) is 0 Å². The summed E-state index contributed by atoms with van der Waals surface area (Å²) in [5.74, 6) is 1.08. The van der Waals surface area contributed by atoms with E-state index in [2.05, 4.69) is 58.7 Å². The average Bonchev–Trinajstić information content (AvgIpc) is 3.29. The van der Waals surface area contributed by atoms with E-state index in [0.29, 0.717) is 11.4 Å². The summed E-state index contributed by atoms with van der Waals surface area (Å²) in [5.41, 5.74) is 3.25. The zero-order valence-electron chi connectivity index (χ0n) is 20.6. The fourth-order valence-electron chi connectivity index (χ4n) is 4.36. The molecule has 1 N–H and O–H groups in total. The molecule has 5 heterocycles. The fourth-order valence-corrected chi connectivity index (χ4v) is 4.36. The van der Waals surface area contributed by atoms with Crippen molar-refractivity contribution < 1.29 is 4.79 Å². The summed E-state index contributed by atoms with van der Waals surface area (Å²) in [7, 11) is 8.60. The molecule has 1 aliphatic heterocycles. The number of nitrogens with zero attached hydrogens (tertiary/aromatic N) is 7. The second kappa shape index (κ2) is 9.18. The molecule has 4 aromatic rings. The smallest absolute Gasteiger partial charge is 0.257 e. The van der Waals surface area contributed by atoms with Gasteiger partial charge in [0.15, 0.2) is 0 Å². The quantitative estimate of drug-likeness (QED) is 0.392. The lowest BCUT2D eigenvalue weighted by Crippen LogP contribution is -2.58. The van der Waals surface area contributed by atoms with Gasteiger partial charge in [0.25, 0.3) is 5.91 Å². The molecule has 1 aliphatic rings. The number of hydrogen-bond donors (Lipinski definition) is 1. The standard InChI is InChI=1S/C23H27B3N8O/c1-32-14-18(12-30-32)17-8-16-9-20(29-13-19(16)28-11-17)31-22(35)15-2-3-27-21(10-15)33-4-6-34(7-5-33)23(24,25)26/h2-3,8-14H,4-7,24-26H2,1H3,(H,29,31,35). The van der Waals surface area contributed by atoms with Crippen LogP contribution < -0.4 is 10.2 Å². The van der Waals surface area contributed by atoms with Crippen LogP contribution in [0.4, 0.5) is 11.6 Å². The first kappa shape index (κ1) is 23.1. The Morgan fingerprint density at radius 2 is 1.77 bits per heavy atom. The number of rotatable bonds is 5. The molecular formula is C23H27B3N8O. The van der Waals surface area contributed by atoms with E-state index in [4.69, 9.17) is 0 Å². The Labute approximate surface area is 207 Å². The molecule has 4 aromatic heterocycles. The lowest BCUT2D eigenvalue weighted by atomic mass is 9.48. The summed E-state index contributed by atoms with van der Waals surface area (Å²) in [4.78, 5) is 31.1. The molecule has 0 aliphatic carbocycles. The van der Waals surface area contributed by atoms with Crippen LogP contribution in [0, 0.1) is 0 Å². The number of piperazine rings is 1. The van der Waals surface area contributed by atoms with Crippen molar-refractivity contribution in [1.82, 2.24) is 29.6 Å². The molecule has 1 amide bonds. The maximum absolute atomic E-state index is 13.0. The van der Waals surface area contributed by atoms with Crippen molar-refractivity contribution in [1.29, 1.82) is 0 Å². The van der Waals surface area contributed by atoms with Crippen molar-refractivity contribution in [2.24, 2.45) is 7.05 Å². The molecule has 0 atom stereocenters. The Morgan fingerprint density at radius 3 is 2.49 bits per heavy atom. The first-order chi connectivity index (χ1) is 16.8. The lowest BCUT2D eigenvalue weighted by molar-refractivity contribution is 0.102. The second-order valence-electron chi connectivity index (χ2n) is 9.89. The molecule has 0 spiro atoms. The number of pyridine rings is 3. The number of aryl methyl sites for hydroxylation is 1. The summed E-state index contributed by atoms with van der Waals surface area (Å²) in [6.45, 7) is 3.71. The molecule has 1 fully saturated rings. The number of aromatic nitrogens is 5. The van der Waals surface area contributed by atoms with Crippen molar-refractivity contribution in [2.45, 2.75) is 5.24 Å². The van der Waals surface area contributed by atoms with Crippen LogP contribution in [0.25, 0.3) is 22.0 Å². The highest BCUT2D eigenvalue weighted by molar-refractivity contribution is 6.59. The maximum atomic E-state index is 13.0. The van der Waals surface area contributed by atoms with Gasteiger partial charge in [-0.05, 0) is 24.3 Å². The molecular weight excluding hydrogens is 437 g/mol. The summed E-state index contributed by atoms with van der Waals surface area (Å²) in [5, 5.41) is 8.20. The third kappa shape index (κ3) is 5.07. The van der Waals surface area contributed by atoms with Crippen LogP contribution >= 0.6 is 0 Å². The molecule has 174 valence electrons. The van der Waals surface area contributed by atoms with Gasteiger partial charge in [-0.15, -0.1) is 0 Å². The Kier molecular flexibility index (Phi) is 6.06. The number of anilines is 2.